The maximum Gasteiger partial charge on any atom is 0.141 e. The van der Waals surface area contributed by atoms with Gasteiger partial charge in [0.2, 0.25) is 0 Å². The fraction of sp³-hybridized carbons (Fsp3) is 0.625. The van der Waals surface area contributed by atoms with Gasteiger partial charge in [0.25, 0.3) is 0 Å². The van der Waals surface area contributed by atoms with Gasteiger partial charge in [-0.05, 0) is 44.6 Å². The Morgan fingerprint density at radius 1 is 1.33 bits per heavy atom. The summed E-state index contributed by atoms with van der Waals surface area (Å²) in [5.74, 6) is 1.14. The minimum absolute atomic E-state index is 0.348. The molecule has 0 spiro atoms. The third-order valence-corrected chi connectivity index (χ3v) is 5.76. The zero-order valence-corrected chi connectivity index (χ0v) is 13.3. The summed E-state index contributed by atoms with van der Waals surface area (Å²) in [5, 5.41) is 1.33. The third kappa shape index (κ3) is 2.32. The molecule has 1 atom stereocenters. The van der Waals surface area contributed by atoms with Crippen molar-refractivity contribution >= 4 is 27.4 Å². The SMILES string of the molecule is CCOC1CCCN(c2ncnc3sc4c(c23)CCC4)C1. The van der Waals surface area contributed by atoms with E-state index in [1.807, 2.05) is 11.3 Å². The van der Waals surface area contributed by atoms with Gasteiger partial charge in [0.15, 0.2) is 0 Å². The number of ether oxygens (including phenoxy) is 1. The highest BCUT2D eigenvalue weighted by Gasteiger charge is 2.26. The fourth-order valence-corrected chi connectivity index (χ4v) is 4.88. The average molecular weight is 303 g/mol. The number of anilines is 1. The molecule has 0 radical (unpaired) electrons. The van der Waals surface area contributed by atoms with Crippen molar-refractivity contribution in [3.63, 3.8) is 0 Å². The van der Waals surface area contributed by atoms with Crippen molar-refractivity contribution < 1.29 is 4.74 Å². The molecule has 3 heterocycles. The monoisotopic (exact) mass is 303 g/mol. The Morgan fingerprint density at radius 3 is 3.19 bits per heavy atom. The van der Waals surface area contributed by atoms with Crippen molar-refractivity contribution in [2.75, 3.05) is 24.6 Å². The van der Waals surface area contributed by atoms with E-state index in [9.17, 15) is 0 Å². The summed E-state index contributed by atoms with van der Waals surface area (Å²) < 4.78 is 5.84. The normalized spacial score (nSPS) is 22.0. The van der Waals surface area contributed by atoms with Gasteiger partial charge >= 0.3 is 0 Å². The molecule has 1 unspecified atom stereocenters. The van der Waals surface area contributed by atoms with Crippen molar-refractivity contribution in [1.29, 1.82) is 0 Å². The molecular weight excluding hydrogens is 282 g/mol. The zero-order valence-electron chi connectivity index (χ0n) is 12.5. The largest absolute Gasteiger partial charge is 0.377 e. The number of aryl methyl sites for hydroxylation is 2. The molecule has 112 valence electrons. The van der Waals surface area contributed by atoms with Crippen molar-refractivity contribution in [2.24, 2.45) is 0 Å². The number of aromatic nitrogens is 2. The first kappa shape index (κ1) is 13.5. The summed E-state index contributed by atoms with van der Waals surface area (Å²) in [4.78, 5) is 14.3. The molecule has 1 aliphatic heterocycles. The van der Waals surface area contributed by atoms with E-state index < -0.39 is 0 Å². The van der Waals surface area contributed by atoms with Crippen LogP contribution in [0.4, 0.5) is 5.82 Å². The average Bonchev–Trinajstić information content (AvgIpc) is 3.08. The van der Waals surface area contributed by atoms with Crippen LogP contribution in [0.3, 0.4) is 0 Å². The molecule has 0 N–H and O–H groups in total. The Labute approximate surface area is 129 Å². The molecule has 2 aromatic rings. The van der Waals surface area contributed by atoms with Gasteiger partial charge in [-0.15, -0.1) is 11.3 Å². The summed E-state index contributed by atoms with van der Waals surface area (Å²) in [6.45, 7) is 4.92. The number of hydrogen-bond acceptors (Lipinski definition) is 5. The van der Waals surface area contributed by atoms with E-state index in [1.54, 1.807) is 6.33 Å². The molecule has 4 rings (SSSR count). The molecule has 1 saturated heterocycles. The maximum absolute atomic E-state index is 5.84. The van der Waals surface area contributed by atoms with Gasteiger partial charge in [-0.25, -0.2) is 9.97 Å². The van der Waals surface area contributed by atoms with Gasteiger partial charge in [-0.1, -0.05) is 0 Å². The molecule has 5 heteroatoms. The zero-order chi connectivity index (χ0) is 14.2. The highest BCUT2D eigenvalue weighted by Crippen LogP contribution is 2.40. The van der Waals surface area contributed by atoms with Crippen LogP contribution in [0.2, 0.25) is 0 Å². The number of rotatable bonds is 3. The molecule has 4 nitrogen and oxygen atoms in total. The Balaban J connectivity index is 1.72. The maximum atomic E-state index is 5.84. The van der Waals surface area contributed by atoms with Gasteiger partial charge < -0.3 is 9.64 Å². The number of thiophene rings is 1. The molecule has 0 amide bonds. The minimum Gasteiger partial charge on any atom is -0.377 e. The molecule has 0 bridgehead atoms. The Morgan fingerprint density at radius 2 is 2.29 bits per heavy atom. The van der Waals surface area contributed by atoms with E-state index in [1.165, 1.54) is 52.8 Å². The summed E-state index contributed by atoms with van der Waals surface area (Å²) in [5.41, 5.74) is 1.52. The lowest BCUT2D eigenvalue weighted by Crippen LogP contribution is -2.40. The molecule has 21 heavy (non-hydrogen) atoms. The quantitative estimate of drug-likeness (QED) is 0.873. The van der Waals surface area contributed by atoms with Gasteiger partial charge in [0, 0.05) is 24.6 Å². The molecule has 0 saturated carbocycles. The molecule has 2 aliphatic rings. The summed E-state index contributed by atoms with van der Waals surface area (Å²) >= 11 is 1.87. The van der Waals surface area contributed by atoms with Crippen LogP contribution < -0.4 is 4.90 Å². The predicted molar refractivity (Wildman–Crippen MR) is 86.3 cm³/mol. The van der Waals surface area contributed by atoms with E-state index >= 15 is 0 Å². The second kappa shape index (κ2) is 5.54. The van der Waals surface area contributed by atoms with Gasteiger partial charge in [-0.3, -0.25) is 0 Å². The molecular formula is C16H21N3OS. The molecule has 1 fully saturated rings. The van der Waals surface area contributed by atoms with E-state index in [-0.39, 0.29) is 0 Å². The van der Waals surface area contributed by atoms with Crippen LogP contribution in [0, 0.1) is 0 Å². The lowest BCUT2D eigenvalue weighted by Gasteiger charge is -2.33. The van der Waals surface area contributed by atoms with Gasteiger partial charge in [-0.2, -0.15) is 0 Å². The number of nitrogens with zero attached hydrogens (tertiary/aromatic N) is 3. The summed E-state index contributed by atoms with van der Waals surface area (Å²) in [6, 6.07) is 0. The number of hydrogen-bond donors (Lipinski definition) is 0. The van der Waals surface area contributed by atoms with E-state index in [2.05, 4.69) is 21.8 Å². The number of fused-ring (bicyclic) bond motifs is 3. The van der Waals surface area contributed by atoms with E-state index in [4.69, 9.17) is 4.74 Å². The number of piperidine rings is 1. The minimum atomic E-state index is 0.348. The van der Waals surface area contributed by atoms with Crippen molar-refractivity contribution in [3.05, 3.63) is 16.8 Å². The van der Waals surface area contributed by atoms with E-state index in [0.717, 1.165) is 25.5 Å². The van der Waals surface area contributed by atoms with Crippen LogP contribution >= 0.6 is 11.3 Å². The third-order valence-electron chi connectivity index (χ3n) is 4.56. The van der Waals surface area contributed by atoms with E-state index in [0.29, 0.717) is 6.10 Å². The first-order valence-corrected chi connectivity index (χ1v) is 8.80. The highest BCUT2D eigenvalue weighted by atomic mass is 32.1. The van der Waals surface area contributed by atoms with Crippen molar-refractivity contribution in [1.82, 2.24) is 9.97 Å². The second-order valence-corrected chi connectivity index (χ2v) is 6.98. The molecule has 2 aromatic heterocycles. The van der Waals surface area contributed by atoms with Crippen LogP contribution in [-0.2, 0) is 17.6 Å². The summed E-state index contributed by atoms with van der Waals surface area (Å²) in [6.07, 6.45) is 8.12. The van der Waals surface area contributed by atoms with Crippen LogP contribution in [0.1, 0.15) is 36.6 Å². The van der Waals surface area contributed by atoms with Crippen molar-refractivity contribution in [3.8, 4) is 0 Å². The Bertz CT molecular complexity index is 652. The van der Waals surface area contributed by atoms with Gasteiger partial charge in [0.1, 0.15) is 17.0 Å². The smallest absolute Gasteiger partial charge is 0.141 e. The second-order valence-electron chi connectivity index (χ2n) is 5.90. The topological polar surface area (TPSA) is 38.2 Å². The lowest BCUT2D eigenvalue weighted by molar-refractivity contribution is 0.0525. The predicted octanol–water partition coefficient (Wildman–Crippen LogP) is 3.19. The molecule has 1 aliphatic carbocycles. The standard InChI is InChI=1S/C16H21N3OS/c1-2-20-11-5-4-8-19(9-11)15-14-12-6-3-7-13(12)21-16(14)18-10-17-15/h10-11H,2-9H2,1H3. The van der Waals surface area contributed by atoms with Crippen LogP contribution in [-0.4, -0.2) is 35.8 Å². The first-order valence-electron chi connectivity index (χ1n) is 7.98. The Kier molecular flexibility index (Phi) is 3.55. The Hall–Kier alpha value is -1.20. The van der Waals surface area contributed by atoms with Crippen molar-refractivity contribution in [2.45, 2.75) is 45.1 Å². The van der Waals surface area contributed by atoms with Crippen LogP contribution in [0.5, 0.6) is 0 Å². The van der Waals surface area contributed by atoms with Crippen LogP contribution in [0.15, 0.2) is 6.33 Å². The fourth-order valence-electron chi connectivity index (χ4n) is 3.65. The van der Waals surface area contributed by atoms with Gasteiger partial charge in [0.05, 0.1) is 11.5 Å². The highest BCUT2D eigenvalue weighted by molar-refractivity contribution is 7.19. The summed E-state index contributed by atoms with van der Waals surface area (Å²) in [7, 11) is 0. The molecule has 0 aromatic carbocycles. The lowest BCUT2D eigenvalue weighted by atomic mass is 10.1. The first-order chi connectivity index (χ1) is 10.4. The van der Waals surface area contributed by atoms with Crippen LogP contribution in [0.25, 0.3) is 10.2 Å².